The van der Waals surface area contributed by atoms with Crippen molar-refractivity contribution in [1.82, 2.24) is 97.7 Å². The van der Waals surface area contributed by atoms with Gasteiger partial charge in [0, 0.05) is 124 Å². The van der Waals surface area contributed by atoms with Gasteiger partial charge in [-0.2, -0.15) is 0 Å². The molecule has 5 heterocycles. The summed E-state index contributed by atoms with van der Waals surface area (Å²) in [4.78, 5) is 231. The summed E-state index contributed by atoms with van der Waals surface area (Å²) in [6, 6.07) is -17.4. The number of carbonyl (C=O) groups excluding carboxylic acids is 9. The Balaban J connectivity index is 1.41. The van der Waals surface area contributed by atoms with Crippen LogP contribution >= 0.6 is 0 Å². The van der Waals surface area contributed by atoms with Crippen molar-refractivity contribution >= 4 is 89.0 Å². The van der Waals surface area contributed by atoms with Crippen LogP contribution in [-0.4, -0.2) is 230 Å². The van der Waals surface area contributed by atoms with E-state index in [1.54, 1.807) is 0 Å². The molecule has 10 atom stereocenters. The molecule has 0 unspecified atom stereocenters. The first-order valence-corrected chi connectivity index (χ1v) is 29.3. The maximum Gasteiger partial charge on any atom is 0.326 e. The van der Waals surface area contributed by atoms with Gasteiger partial charge in [0.25, 0.3) is 0 Å². The van der Waals surface area contributed by atoms with Crippen LogP contribution in [0.25, 0.3) is 0 Å². The molecule has 5 aromatic rings. The molecule has 41 heteroatoms. The van der Waals surface area contributed by atoms with Crippen LogP contribution in [0.4, 0.5) is 0 Å². The highest BCUT2D eigenvalue weighted by Gasteiger charge is 2.37. The number of aromatic amines is 5. The Bertz CT molecular complexity index is 3460. The van der Waals surface area contributed by atoms with Gasteiger partial charge in [-0.25, -0.2) is 29.7 Å². The van der Waals surface area contributed by atoms with Crippen molar-refractivity contribution in [3.63, 3.8) is 0 Å². The van der Waals surface area contributed by atoms with Crippen molar-refractivity contribution < 1.29 is 103 Å². The highest BCUT2D eigenvalue weighted by molar-refractivity contribution is 5.99. The Kier molecular flexibility index (Phi) is 29.2. The quantitative estimate of drug-likeness (QED) is 0.0173. The zero-order chi connectivity index (χ0) is 70.4. The van der Waals surface area contributed by atoms with Gasteiger partial charge in [0.1, 0.15) is 54.4 Å². The van der Waals surface area contributed by atoms with Crippen LogP contribution in [0, 0.1) is 0 Å². The number of carboxylic acids is 6. The highest BCUT2D eigenvalue weighted by Crippen LogP contribution is 2.12. The summed E-state index contributed by atoms with van der Waals surface area (Å²) in [6.07, 6.45) is 3.63. The molecule has 0 bridgehead atoms. The Morgan fingerprint density at radius 2 is 0.479 bits per heavy atom. The summed E-state index contributed by atoms with van der Waals surface area (Å²) in [7, 11) is 0. The molecule has 9 amide bonds. The molecule has 96 heavy (non-hydrogen) atoms. The zero-order valence-electron chi connectivity index (χ0n) is 50.8. The molecule has 0 aliphatic carbocycles. The molecular weight excluding hydrogens is 1280 g/mol. The fourth-order valence-corrected chi connectivity index (χ4v) is 9.16. The molecule has 518 valence electrons. The number of aliphatic carboxylic acids is 6. The third-order valence-corrected chi connectivity index (χ3v) is 14.2. The van der Waals surface area contributed by atoms with Crippen molar-refractivity contribution in [2.75, 3.05) is 0 Å². The number of nitrogens with two attached hydrogens (primary N) is 1. The number of amides is 9. The largest absolute Gasteiger partial charge is 0.481 e. The van der Waals surface area contributed by atoms with E-state index in [2.05, 4.69) is 97.7 Å². The van der Waals surface area contributed by atoms with E-state index in [0.717, 1.165) is 0 Å². The summed E-state index contributed by atoms with van der Waals surface area (Å²) < 4.78 is 0. The number of carbonyl (C=O) groups is 15. The summed E-state index contributed by atoms with van der Waals surface area (Å²) in [5.74, 6) is -19.3. The second-order valence-corrected chi connectivity index (χ2v) is 21.6. The summed E-state index contributed by atoms with van der Waals surface area (Å²) in [5.41, 5.74) is 7.23. The first kappa shape index (κ1) is 74.8. The fourth-order valence-electron chi connectivity index (χ4n) is 9.16. The van der Waals surface area contributed by atoms with Crippen LogP contribution in [0.3, 0.4) is 0 Å². The minimum absolute atomic E-state index is 0.0818. The number of nitrogens with one attached hydrogen (secondary N) is 14. The number of aromatic nitrogens is 10. The SMILES string of the molecule is N[C@@H](Cc1cnc[nH]1)C(=O)N[C@@H](CCC(=O)O)C(=O)N[C@@H](Cc1cnc[nH]1)C(=O)N[C@@H](CCC(=O)O)C(=O)N[C@@H](Cc1cnc[nH]1)C(=O)N[C@@H](CCC(=O)O)C(=O)N[C@@H](Cc1cnc[nH]1)C(=O)N[C@@H](CCC(=O)O)C(=O)N[C@@H](Cc1cnc[nH]1)C(=O)N[C@@H](CCC(=O)O)C(=O)O. The molecule has 0 radical (unpaired) electrons. The Morgan fingerprint density at radius 3 is 0.688 bits per heavy atom. The smallest absolute Gasteiger partial charge is 0.326 e. The lowest BCUT2D eigenvalue weighted by molar-refractivity contribution is -0.143. The molecule has 0 saturated heterocycles. The number of imidazole rings is 5. The third-order valence-electron chi connectivity index (χ3n) is 14.2. The monoisotopic (exact) mass is 1350 g/mol. The van der Waals surface area contributed by atoms with Crippen molar-refractivity contribution in [2.24, 2.45) is 5.73 Å². The fraction of sp³-hybridized carbons (Fsp3) is 0.455. The van der Waals surface area contributed by atoms with Crippen molar-refractivity contribution in [1.29, 1.82) is 0 Å². The van der Waals surface area contributed by atoms with Gasteiger partial charge < -0.3 is 109 Å². The Labute approximate surface area is 541 Å². The number of rotatable bonds is 44. The van der Waals surface area contributed by atoms with E-state index in [0.29, 0.717) is 5.69 Å². The van der Waals surface area contributed by atoms with Crippen LogP contribution < -0.4 is 53.6 Å². The Hall–Kier alpha value is -11.9. The number of nitrogens with zero attached hydrogens (tertiary/aromatic N) is 5. The second-order valence-electron chi connectivity index (χ2n) is 21.6. The molecular formula is C55H72N20O21. The number of hydrogen-bond acceptors (Lipinski definition) is 21. The summed E-state index contributed by atoms with van der Waals surface area (Å²) >= 11 is 0. The summed E-state index contributed by atoms with van der Waals surface area (Å²) in [5, 5.41) is 78.7. The molecule has 41 nitrogen and oxygen atoms in total. The topological polar surface area (TPSA) is 655 Å². The van der Waals surface area contributed by atoms with Gasteiger partial charge in [0.2, 0.25) is 53.2 Å². The van der Waals surface area contributed by atoms with Crippen LogP contribution in [-0.2, 0) is 104 Å². The first-order chi connectivity index (χ1) is 45.6. The van der Waals surface area contributed by atoms with Gasteiger partial charge in [-0.15, -0.1) is 0 Å². The van der Waals surface area contributed by atoms with Crippen molar-refractivity contribution in [2.45, 2.75) is 157 Å². The molecule has 22 N–H and O–H groups in total. The summed E-state index contributed by atoms with van der Waals surface area (Å²) in [6.45, 7) is 0. The van der Waals surface area contributed by atoms with E-state index in [-0.39, 0.29) is 29.2 Å². The van der Waals surface area contributed by atoms with Gasteiger partial charge in [0.05, 0.1) is 37.7 Å². The third kappa shape index (κ3) is 26.0. The van der Waals surface area contributed by atoms with Gasteiger partial charge >= 0.3 is 35.8 Å². The van der Waals surface area contributed by atoms with Gasteiger partial charge in [-0.3, -0.25) is 67.1 Å². The van der Waals surface area contributed by atoms with Crippen LogP contribution in [0.15, 0.2) is 62.6 Å². The lowest BCUT2D eigenvalue weighted by atomic mass is 10.0. The zero-order valence-corrected chi connectivity index (χ0v) is 50.8. The lowest BCUT2D eigenvalue weighted by Crippen LogP contribution is -2.61. The molecule has 0 saturated carbocycles. The molecule has 0 aliphatic rings. The standard InChI is InChI=1S/C55H72N20O21/c56-31(11-26-16-57-21-62-26)46(86)67-32(1-6-41(76)77)47(87)72-37(12-27-17-58-22-63-27)51(91)68-33(2-7-42(78)79)48(88)73-38(13-28-18-59-23-64-28)52(92)69-34(3-8-43(80)81)49(89)74-39(14-29-19-60-24-65-29)53(93)70-35(4-9-44(82)83)50(90)75-40(15-30-20-61-25-66-30)54(94)71-36(55(95)96)5-10-45(84)85/h16-25,31-40H,1-15,56H2,(H,57,62)(H,58,63)(H,59,64)(H,60,65)(H,61,66)(H,67,86)(H,68,91)(H,69,92)(H,70,93)(H,71,94)(H,72,87)(H,73,88)(H,74,89)(H,75,90)(H,76,77)(H,78,79)(H,80,81)(H,82,83)(H,84,85)(H,95,96)/t31-,32-,33-,34-,35-,36-,37-,38-,39-,40-/m0/s1. The molecule has 5 aromatic heterocycles. The molecule has 0 fully saturated rings. The van der Waals surface area contributed by atoms with Crippen LogP contribution in [0.5, 0.6) is 0 Å². The van der Waals surface area contributed by atoms with Gasteiger partial charge in [-0.1, -0.05) is 0 Å². The predicted octanol–water partition coefficient (Wildman–Crippen LogP) is -6.09. The van der Waals surface area contributed by atoms with Gasteiger partial charge in [0.15, 0.2) is 0 Å². The minimum atomic E-state index is -1.92. The highest BCUT2D eigenvalue weighted by atomic mass is 16.4. The first-order valence-electron chi connectivity index (χ1n) is 29.3. The molecule has 0 aliphatic heterocycles. The molecule has 0 aromatic carbocycles. The van der Waals surface area contributed by atoms with Crippen LogP contribution in [0.2, 0.25) is 0 Å². The van der Waals surface area contributed by atoms with Gasteiger partial charge in [-0.05, 0) is 32.1 Å². The minimum Gasteiger partial charge on any atom is -0.481 e. The normalized spacial score (nSPS) is 14.1. The number of carboxylic acid groups (broad SMARTS) is 6. The van der Waals surface area contributed by atoms with E-state index in [1.807, 2.05) is 0 Å². The van der Waals surface area contributed by atoms with E-state index in [4.69, 9.17) is 10.8 Å². The van der Waals surface area contributed by atoms with Crippen molar-refractivity contribution in [3.8, 4) is 0 Å². The maximum atomic E-state index is 14.6. The van der Waals surface area contributed by atoms with E-state index < -0.39 is 239 Å². The van der Waals surface area contributed by atoms with E-state index >= 15 is 0 Å². The van der Waals surface area contributed by atoms with Crippen molar-refractivity contribution in [3.05, 3.63) is 91.1 Å². The number of H-pyrrole nitrogens is 5. The van der Waals surface area contributed by atoms with E-state index in [9.17, 15) is 97.5 Å². The average molecular weight is 1350 g/mol. The lowest BCUT2D eigenvalue weighted by Gasteiger charge is -2.28. The van der Waals surface area contributed by atoms with Crippen LogP contribution in [0.1, 0.15) is 92.7 Å². The molecule has 5 rings (SSSR count). The maximum absolute atomic E-state index is 14.6. The predicted molar refractivity (Wildman–Crippen MR) is 319 cm³/mol. The Morgan fingerprint density at radius 1 is 0.292 bits per heavy atom. The van der Waals surface area contributed by atoms with E-state index in [1.165, 1.54) is 62.6 Å². The average Bonchev–Trinajstić information content (AvgIpc) is 1.22. The number of hydrogen-bond donors (Lipinski definition) is 21. The second kappa shape index (κ2) is 37.5. The molecule has 0 spiro atoms.